The maximum atomic E-state index is 11.8. The predicted molar refractivity (Wildman–Crippen MR) is 88.9 cm³/mol. The highest BCUT2D eigenvalue weighted by Crippen LogP contribution is 2.32. The van der Waals surface area contributed by atoms with E-state index in [1.54, 1.807) is 19.1 Å². The second-order valence-electron chi connectivity index (χ2n) is 6.12. The summed E-state index contributed by atoms with van der Waals surface area (Å²) in [6.45, 7) is 7.41. The molecule has 22 heavy (non-hydrogen) atoms. The third-order valence-corrected chi connectivity index (χ3v) is 3.66. The summed E-state index contributed by atoms with van der Waals surface area (Å²) in [5.41, 5.74) is 0.572. The highest BCUT2D eigenvalue weighted by Gasteiger charge is 2.25. The Morgan fingerprint density at radius 3 is 2.27 bits per heavy atom. The van der Waals surface area contributed by atoms with Crippen LogP contribution in [-0.2, 0) is 0 Å². The van der Waals surface area contributed by atoms with Crippen molar-refractivity contribution in [1.29, 1.82) is 5.26 Å². The molecule has 0 saturated heterocycles. The lowest BCUT2D eigenvalue weighted by atomic mass is 10.1. The van der Waals surface area contributed by atoms with Gasteiger partial charge in [0.25, 0.3) is 10.9 Å². The number of halogens is 1. The zero-order chi connectivity index (χ0) is 16.7. The molecular weight excluding hydrogens is 302 g/mol. The van der Waals surface area contributed by atoms with Crippen LogP contribution in [0.15, 0.2) is 21.7 Å². The number of nitrogens with zero attached hydrogens (tertiary/aromatic N) is 1. The van der Waals surface area contributed by atoms with Crippen LogP contribution in [0.2, 0.25) is 5.02 Å². The number of rotatable bonds is 3. The summed E-state index contributed by atoms with van der Waals surface area (Å²) in [4.78, 5) is 23.5. The Kier molecular flexibility index (Phi) is 3.99. The molecule has 0 aliphatic carbocycles. The molecule has 2 aromatic carbocycles. The summed E-state index contributed by atoms with van der Waals surface area (Å²) >= 11 is 6.21. The van der Waals surface area contributed by atoms with E-state index in [4.69, 9.17) is 16.9 Å². The van der Waals surface area contributed by atoms with E-state index in [2.05, 4.69) is 10.6 Å². The van der Waals surface area contributed by atoms with Crippen LogP contribution in [0.4, 0.5) is 17.1 Å². The second kappa shape index (κ2) is 5.47. The Morgan fingerprint density at radius 2 is 1.73 bits per heavy atom. The summed E-state index contributed by atoms with van der Waals surface area (Å²) in [5.74, 6) is 0. The maximum Gasteiger partial charge on any atom is 0.253 e. The lowest BCUT2D eigenvalue weighted by molar-refractivity contribution is 0.632. The average molecular weight is 318 g/mol. The van der Waals surface area contributed by atoms with Gasteiger partial charge in [-0.1, -0.05) is 11.6 Å². The minimum absolute atomic E-state index is 0.200. The molecule has 6 heteroatoms. The van der Waals surface area contributed by atoms with Gasteiger partial charge in [-0.2, -0.15) is 5.26 Å². The molecule has 2 N–H and O–H groups in total. The van der Waals surface area contributed by atoms with Gasteiger partial charge >= 0.3 is 0 Å². The molecular formula is C16H16ClN3O2. The van der Waals surface area contributed by atoms with Gasteiger partial charge in [0.05, 0.1) is 22.3 Å². The van der Waals surface area contributed by atoms with E-state index in [-0.39, 0.29) is 16.9 Å². The van der Waals surface area contributed by atoms with Crippen molar-refractivity contribution in [3.05, 3.63) is 48.7 Å². The fraction of sp³-hybridized carbons (Fsp3) is 0.312. The molecule has 0 heterocycles. The Morgan fingerprint density at radius 1 is 1.14 bits per heavy atom. The predicted octanol–water partition coefficient (Wildman–Crippen LogP) is 3.07. The lowest BCUT2D eigenvalue weighted by Gasteiger charge is -2.25. The van der Waals surface area contributed by atoms with Crippen molar-refractivity contribution in [3.8, 4) is 6.07 Å². The van der Waals surface area contributed by atoms with Crippen molar-refractivity contribution >= 4 is 28.7 Å². The van der Waals surface area contributed by atoms with Gasteiger partial charge in [-0.15, -0.1) is 0 Å². The highest BCUT2D eigenvalue weighted by molar-refractivity contribution is 6.34. The van der Waals surface area contributed by atoms with Crippen LogP contribution in [-0.4, -0.2) is 5.54 Å². The minimum Gasteiger partial charge on any atom is -0.375 e. The van der Waals surface area contributed by atoms with Gasteiger partial charge in [0.2, 0.25) is 0 Å². The fourth-order valence-electron chi connectivity index (χ4n) is 2.04. The molecule has 5 nitrogen and oxygen atoms in total. The zero-order valence-corrected chi connectivity index (χ0v) is 13.6. The monoisotopic (exact) mass is 317 g/mol. The van der Waals surface area contributed by atoms with Crippen LogP contribution < -0.4 is 21.5 Å². The van der Waals surface area contributed by atoms with E-state index in [1.165, 1.54) is 0 Å². The molecule has 0 aliphatic heterocycles. The highest BCUT2D eigenvalue weighted by atomic mass is 35.5. The maximum absolute atomic E-state index is 11.8. The molecule has 2 aromatic rings. The summed E-state index contributed by atoms with van der Waals surface area (Å²) in [6.07, 6.45) is 0. The summed E-state index contributed by atoms with van der Waals surface area (Å²) < 4.78 is 0. The summed E-state index contributed by atoms with van der Waals surface area (Å²) in [6, 6.07) is 5.28. The zero-order valence-electron chi connectivity index (χ0n) is 12.8. The first-order chi connectivity index (χ1) is 10.2. The number of anilines is 3. The van der Waals surface area contributed by atoms with E-state index in [9.17, 15) is 9.59 Å². The van der Waals surface area contributed by atoms with E-state index in [0.29, 0.717) is 21.8 Å². The Labute approximate surface area is 133 Å². The van der Waals surface area contributed by atoms with Gasteiger partial charge < -0.3 is 10.6 Å². The summed E-state index contributed by atoms with van der Waals surface area (Å²) in [7, 11) is 0. The third-order valence-electron chi connectivity index (χ3n) is 3.18. The van der Waals surface area contributed by atoms with E-state index in [1.807, 2.05) is 26.8 Å². The molecule has 0 aromatic heterocycles. The van der Waals surface area contributed by atoms with Crippen LogP contribution in [0.5, 0.6) is 0 Å². The smallest absolute Gasteiger partial charge is 0.253 e. The molecule has 0 radical (unpaired) electrons. The topological polar surface area (TPSA) is 82.0 Å². The fourth-order valence-corrected chi connectivity index (χ4v) is 2.25. The number of nitrogens with one attached hydrogen (secondary N) is 2. The quantitative estimate of drug-likeness (QED) is 0.850. The number of nitriles is 1. The minimum atomic E-state index is -0.579. The molecule has 0 amide bonds. The molecule has 0 bridgehead atoms. The molecule has 0 fully saturated rings. The van der Waals surface area contributed by atoms with E-state index in [0.717, 1.165) is 0 Å². The first-order valence-corrected chi connectivity index (χ1v) is 7.11. The van der Waals surface area contributed by atoms with Gasteiger partial charge in [0.1, 0.15) is 11.4 Å². The van der Waals surface area contributed by atoms with Crippen LogP contribution >= 0.6 is 11.6 Å². The van der Waals surface area contributed by atoms with Crippen molar-refractivity contribution in [2.75, 3.05) is 10.6 Å². The van der Waals surface area contributed by atoms with Crippen LogP contribution in [0.3, 0.4) is 0 Å². The Balaban J connectivity index is 2.40. The molecule has 114 valence electrons. The Bertz CT molecular complexity index is 850. The van der Waals surface area contributed by atoms with Gasteiger partial charge in [0.15, 0.2) is 0 Å². The van der Waals surface area contributed by atoms with Gasteiger partial charge in [-0.3, -0.25) is 9.59 Å². The van der Waals surface area contributed by atoms with Crippen molar-refractivity contribution in [1.82, 2.24) is 0 Å². The molecule has 0 unspecified atom stereocenters. The van der Waals surface area contributed by atoms with Crippen molar-refractivity contribution in [3.63, 3.8) is 0 Å². The number of hydrogen-bond acceptors (Lipinski definition) is 5. The Hall–Kier alpha value is -2.32. The average Bonchev–Trinajstić information content (AvgIpc) is 2.45. The van der Waals surface area contributed by atoms with Crippen molar-refractivity contribution in [2.45, 2.75) is 33.2 Å². The lowest BCUT2D eigenvalue weighted by Crippen LogP contribution is -2.41. The van der Waals surface area contributed by atoms with Gasteiger partial charge in [-0.05, 0) is 45.4 Å². The van der Waals surface area contributed by atoms with Crippen LogP contribution in [0, 0.1) is 18.3 Å². The van der Waals surface area contributed by atoms with Gasteiger partial charge in [0, 0.05) is 5.54 Å². The SMILES string of the molecule is Cc1c(C#N)ccc(Nc2c(NC(C)(C)C)c(=O)c2=O)c1Cl. The molecule has 0 spiro atoms. The van der Waals surface area contributed by atoms with Crippen LogP contribution in [0.1, 0.15) is 31.9 Å². The first kappa shape index (κ1) is 16.1. The van der Waals surface area contributed by atoms with Gasteiger partial charge in [-0.25, -0.2) is 0 Å². The third kappa shape index (κ3) is 2.83. The van der Waals surface area contributed by atoms with Crippen LogP contribution in [0.25, 0.3) is 0 Å². The van der Waals surface area contributed by atoms with Crippen molar-refractivity contribution in [2.24, 2.45) is 0 Å². The molecule has 0 aliphatic rings. The van der Waals surface area contributed by atoms with E-state index < -0.39 is 10.9 Å². The number of hydrogen-bond donors (Lipinski definition) is 2. The second-order valence-corrected chi connectivity index (χ2v) is 6.50. The standard InChI is InChI=1S/C16H16ClN3O2/c1-8-9(7-18)5-6-10(11(8)17)19-12-13(15(22)14(12)21)20-16(2,3)4/h5-6,19-20H,1-4H3. The summed E-state index contributed by atoms with van der Waals surface area (Å²) in [5, 5.41) is 15.2. The first-order valence-electron chi connectivity index (χ1n) is 6.73. The normalized spacial score (nSPS) is 11.3. The largest absolute Gasteiger partial charge is 0.375 e. The van der Waals surface area contributed by atoms with Crippen molar-refractivity contribution < 1.29 is 0 Å². The molecule has 0 saturated carbocycles. The number of benzene rings is 1. The molecule has 2 rings (SSSR count). The van der Waals surface area contributed by atoms with E-state index >= 15 is 0 Å². The molecule has 0 atom stereocenters.